The second-order valence-corrected chi connectivity index (χ2v) is 7.49. The van der Waals surface area contributed by atoms with Gasteiger partial charge in [0.1, 0.15) is 0 Å². The van der Waals surface area contributed by atoms with Crippen molar-refractivity contribution in [2.45, 2.75) is 26.2 Å². The molecule has 0 saturated carbocycles. The van der Waals surface area contributed by atoms with Gasteiger partial charge >= 0.3 is 0 Å². The standard InChI is InChI=1S/C19H22N4OS/c1-2-7-20-17(4-1)15-24-14-16-10-22(13-19-5-3-9-25-19)12-18-6-8-21-23(18)11-16/h1-9,16H,10-15H2/t16-/m0/s1. The lowest BCUT2D eigenvalue weighted by Crippen LogP contribution is -2.29. The van der Waals surface area contributed by atoms with Crippen molar-refractivity contribution in [3.05, 3.63) is 70.4 Å². The Balaban J connectivity index is 1.40. The molecule has 0 fully saturated rings. The highest BCUT2D eigenvalue weighted by molar-refractivity contribution is 7.09. The molecule has 130 valence electrons. The first-order valence-corrected chi connectivity index (χ1v) is 9.48. The van der Waals surface area contributed by atoms with Gasteiger partial charge in [-0.2, -0.15) is 5.10 Å². The molecule has 0 bridgehead atoms. The molecule has 0 aromatic carbocycles. The fourth-order valence-electron chi connectivity index (χ4n) is 3.28. The van der Waals surface area contributed by atoms with Gasteiger partial charge < -0.3 is 4.74 Å². The average molecular weight is 354 g/mol. The van der Waals surface area contributed by atoms with E-state index < -0.39 is 0 Å². The third-order valence-corrected chi connectivity index (χ3v) is 5.29. The van der Waals surface area contributed by atoms with Gasteiger partial charge in [0.15, 0.2) is 0 Å². The number of thiophene rings is 1. The summed E-state index contributed by atoms with van der Waals surface area (Å²) < 4.78 is 8.09. The van der Waals surface area contributed by atoms with Crippen LogP contribution in [0.25, 0.3) is 0 Å². The van der Waals surface area contributed by atoms with Crippen molar-refractivity contribution >= 4 is 11.3 Å². The van der Waals surface area contributed by atoms with Crippen LogP contribution in [0.1, 0.15) is 16.3 Å². The smallest absolute Gasteiger partial charge is 0.0887 e. The Morgan fingerprint density at radius 2 is 2.12 bits per heavy atom. The maximum absolute atomic E-state index is 5.96. The summed E-state index contributed by atoms with van der Waals surface area (Å²) >= 11 is 1.82. The van der Waals surface area contributed by atoms with Gasteiger partial charge in [-0.1, -0.05) is 12.1 Å². The van der Waals surface area contributed by atoms with Crippen molar-refractivity contribution in [3.63, 3.8) is 0 Å². The first-order chi connectivity index (χ1) is 12.4. The van der Waals surface area contributed by atoms with Crippen LogP contribution in [0.15, 0.2) is 54.2 Å². The van der Waals surface area contributed by atoms with Crippen molar-refractivity contribution in [3.8, 4) is 0 Å². The molecule has 0 amide bonds. The number of aromatic nitrogens is 3. The monoisotopic (exact) mass is 354 g/mol. The zero-order chi connectivity index (χ0) is 16.9. The Hall–Kier alpha value is -2.02. The summed E-state index contributed by atoms with van der Waals surface area (Å²) in [5.41, 5.74) is 2.26. The van der Waals surface area contributed by atoms with E-state index in [0.29, 0.717) is 12.5 Å². The summed E-state index contributed by atoms with van der Waals surface area (Å²) in [6.07, 6.45) is 3.71. The zero-order valence-corrected chi connectivity index (χ0v) is 14.9. The first kappa shape index (κ1) is 16.4. The van der Waals surface area contributed by atoms with E-state index in [0.717, 1.165) is 38.5 Å². The van der Waals surface area contributed by atoms with E-state index in [-0.39, 0.29) is 0 Å². The number of nitrogens with zero attached hydrogens (tertiary/aromatic N) is 4. The van der Waals surface area contributed by atoms with E-state index in [4.69, 9.17) is 4.74 Å². The summed E-state index contributed by atoms with van der Waals surface area (Å²) in [5.74, 6) is 0.421. The molecule has 3 aromatic rings. The topological polar surface area (TPSA) is 43.2 Å². The average Bonchev–Trinajstić information content (AvgIpc) is 3.25. The van der Waals surface area contributed by atoms with Crippen LogP contribution in [0, 0.1) is 5.92 Å². The lowest BCUT2D eigenvalue weighted by Gasteiger charge is -2.23. The van der Waals surface area contributed by atoms with Crippen LogP contribution in [0.5, 0.6) is 0 Å². The van der Waals surface area contributed by atoms with Gasteiger partial charge in [0.2, 0.25) is 0 Å². The molecule has 25 heavy (non-hydrogen) atoms. The SMILES string of the molecule is c1ccc(COC[C@H]2CN(Cc3cccs3)Cc3ccnn3C2)nc1. The quantitative estimate of drug-likeness (QED) is 0.682. The molecule has 1 aliphatic rings. The molecule has 0 unspecified atom stereocenters. The lowest BCUT2D eigenvalue weighted by atomic mass is 10.1. The number of hydrogen-bond donors (Lipinski definition) is 0. The van der Waals surface area contributed by atoms with Crippen molar-refractivity contribution in [1.82, 2.24) is 19.7 Å². The fourth-order valence-corrected chi connectivity index (χ4v) is 4.03. The summed E-state index contributed by atoms with van der Waals surface area (Å²) in [5, 5.41) is 6.63. The Labute approximate surface area is 151 Å². The summed E-state index contributed by atoms with van der Waals surface area (Å²) in [6, 6.07) is 12.4. The molecule has 0 spiro atoms. The van der Waals surface area contributed by atoms with Crippen LogP contribution in [-0.4, -0.2) is 32.8 Å². The van der Waals surface area contributed by atoms with Gasteiger partial charge in [0.05, 0.1) is 24.6 Å². The number of pyridine rings is 1. The van der Waals surface area contributed by atoms with Gasteiger partial charge in [0.25, 0.3) is 0 Å². The van der Waals surface area contributed by atoms with Crippen molar-refractivity contribution < 1.29 is 4.74 Å². The van der Waals surface area contributed by atoms with Gasteiger partial charge in [0, 0.05) is 49.4 Å². The summed E-state index contributed by atoms with van der Waals surface area (Å²) in [6.45, 7) is 5.13. The largest absolute Gasteiger partial charge is 0.375 e. The number of rotatable bonds is 6. The van der Waals surface area contributed by atoms with Crippen molar-refractivity contribution in [2.24, 2.45) is 5.92 Å². The Morgan fingerprint density at radius 1 is 1.12 bits per heavy atom. The molecule has 1 atom stereocenters. The van der Waals surface area contributed by atoms with E-state index in [1.54, 1.807) is 0 Å². The third kappa shape index (κ3) is 4.34. The van der Waals surface area contributed by atoms with Gasteiger partial charge in [-0.15, -0.1) is 11.3 Å². The highest BCUT2D eigenvalue weighted by Gasteiger charge is 2.22. The maximum Gasteiger partial charge on any atom is 0.0887 e. The number of fused-ring (bicyclic) bond motifs is 1. The minimum absolute atomic E-state index is 0.421. The number of ether oxygens (including phenoxy) is 1. The van der Waals surface area contributed by atoms with Gasteiger partial charge in [-0.05, 0) is 29.6 Å². The zero-order valence-electron chi connectivity index (χ0n) is 14.1. The van der Waals surface area contributed by atoms with E-state index in [1.807, 2.05) is 41.9 Å². The van der Waals surface area contributed by atoms with Crippen molar-refractivity contribution in [2.75, 3.05) is 13.2 Å². The molecule has 1 aliphatic heterocycles. The second kappa shape index (κ2) is 7.91. The Morgan fingerprint density at radius 3 is 2.96 bits per heavy atom. The molecule has 0 radical (unpaired) electrons. The van der Waals surface area contributed by atoms with E-state index in [9.17, 15) is 0 Å². The molecule has 0 aliphatic carbocycles. The van der Waals surface area contributed by atoms with Crippen LogP contribution in [0.3, 0.4) is 0 Å². The van der Waals surface area contributed by atoms with Gasteiger partial charge in [-0.3, -0.25) is 14.6 Å². The highest BCUT2D eigenvalue weighted by atomic mass is 32.1. The molecule has 0 saturated heterocycles. The van der Waals surface area contributed by atoms with E-state index in [1.165, 1.54) is 10.6 Å². The molecule has 6 heteroatoms. The molecule has 3 aromatic heterocycles. The van der Waals surface area contributed by atoms with Crippen molar-refractivity contribution in [1.29, 1.82) is 0 Å². The number of hydrogen-bond acceptors (Lipinski definition) is 5. The second-order valence-electron chi connectivity index (χ2n) is 6.46. The molecule has 4 heterocycles. The van der Waals surface area contributed by atoms with Gasteiger partial charge in [-0.25, -0.2) is 0 Å². The Bertz CT molecular complexity index is 772. The third-order valence-electron chi connectivity index (χ3n) is 4.43. The van der Waals surface area contributed by atoms with Crippen LogP contribution in [0.2, 0.25) is 0 Å². The van der Waals surface area contributed by atoms with E-state index in [2.05, 4.69) is 43.2 Å². The molecule has 4 rings (SSSR count). The van der Waals surface area contributed by atoms with Crippen LogP contribution in [0.4, 0.5) is 0 Å². The fraction of sp³-hybridized carbons (Fsp3) is 0.368. The normalized spacial score (nSPS) is 18.0. The molecular weight excluding hydrogens is 332 g/mol. The minimum Gasteiger partial charge on any atom is -0.375 e. The van der Waals surface area contributed by atoms with Crippen LogP contribution < -0.4 is 0 Å². The first-order valence-electron chi connectivity index (χ1n) is 8.60. The summed E-state index contributed by atoms with van der Waals surface area (Å²) in [7, 11) is 0. The van der Waals surface area contributed by atoms with E-state index >= 15 is 0 Å². The molecule has 0 N–H and O–H groups in total. The van der Waals surface area contributed by atoms with Crippen LogP contribution >= 0.6 is 11.3 Å². The minimum atomic E-state index is 0.421. The predicted octanol–water partition coefficient (Wildman–Crippen LogP) is 3.19. The predicted molar refractivity (Wildman–Crippen MR) is 98.0 cm³/mol. The molecular formula is C19H22N4OS. The highest BCUT2D eigenvalue weighted by Crippen LogP contribution is 2.20. The van der Waals surface area contributed by atoms with Crippen LogP contribution in [-0.2, 0) is 31.0 Å². The Kier molecular flexibility index (Phi) is 5.20. The maximum atomic E-state index is 5.96. The molecule has 5 nitrogen and oxygen atoms in total. The summed E-state index contributed by atoms with van der Waals surface area (Å²) in [4.78, 5) is 8.23. The lowest BCUT2D eigenvalue weighted by molar-refractivity contribution is 0.0642.